The van der Waals surface area contributed by atoms with E-state index in [2.05, 4.69) is 24.3 Å². The fourth-order valence-corrected chi connectivity index (χ4v) is 6.97. The lowest BCUT2D eigenvalue weighted by Gasteiger charge is -2.34. The zero-order valence-electron chi connectivity index (χ0n) is 22.5. The summed E-state index contributed by atoms with van der Waals surface area (Å²) in [5, 5.41) is 7.60. The summed E-state index contributed by atoms with van der Waals surface area (Å²) >= 11 is 6.31. The Morgan fingerprint density at radius 3 is 2.58 bits per heavy atom. The van der Waals surface area contributed by atoms with Crippen molar-refractivity contribution in [2.45, 2.75) is 69.9 Å². The van der Waals surface area contributed by atoms with E-state index < -0.39 is 15.8 Å². The van der Waals surface area contributed by atoms with E-state index in [0.717, 1.165) is 19.1 Å². The Bertz CT molecular complexity index is 1180. The summed E-state index contributed by atoms with van der Waals surface area (Å²) in [5.74, 6) is -0.0747. The van der Waals surface area contributed by atoms with Crippen molar-refractivity contribution in [3.8, 4) is 0 Å². The van der Waals surface area contributed by atoms with E-state index in [0.29, 0.717) is 57.1 Å². The van der Waals surface area contributed by atoms with Crippen molar-refractivity contribution in [1.82, 2.24) is 9.78 Å². The van der Waals surface area contributed by atoms with Gasteiger partial charge < -0.3 is 18.9 Å². The third kappa shape index (κ3) is 8.47. The molecule has 2 aromatic rings. The number of benzene rings is 1. The average molecular weight is 598 g/mol. The van der Waals surface area contributed by atoms with Gasteiger partial charge in [-0.1, -0.05) is 31.5 Å². The van der Waals surface area contributed by atoms with Crippen LogP contribution in [0.1, 0.15) is 44.6 Å². The predicted molar refractivity (Wildman–Crippen MR) is 149 cm³/mol. The number of ether oxygens (including phenoxy) is 1. The molecule has 1 aliphatic rings. The van der Waals surface area contributed by atoms with E-state index >= 15 is 0 Å². The number of carbonyl (C=O) groups excluding carboxylic acids is 1. The van der Waals surface area contributed by atoms with Gasteiger partial charge in [-0.05, 0) is 56.0 Å². The number of halogens is 1. The number of carbonyl (C=O) groups is 1. The summed E-state index contributed by atoms with van der Waals surface area (Å²) in [6.07, 6.45) is 4.87. The number of rotatable bonds is 14. The molecule has 1 aromatic heterocycles. The lowest BCUT2D eigenvalue weighted by molar-refractivity contribution is -0.118. The first-order valence-corrected chi connectivity index (χ1v) is 17.6. The molecule has 1 fully saturated rings. The van der Waals surface area contributed by atoms with Crippen LogP contribution in [0.15, 0.2) is 35.4 Å². The second-order valence-electron chi connectivity index (χ2n) is 10.1. The van der Waals surface area contributed by atoms with Crippen molar-refractivity contribution in [3.63, 3.8) is 0 Å². The van der Waals surface area contributed by atoms with E-state index in [1.165, 1.54) is 6.07 Å². The summed E-state index contributed by atoms with van der Waals surface area (Å²) in [5.41, 5.74) is 0.444. The highest BCUT2D eigenvalue weighted by atomic mass is 35.5. The molecule has 0 spiro atoms. The Hall–Kier alpha value is -1.55. The Labute approximate surface area is 235 Å². The van der Waals surface area contributed by atoms with Crippen LogP contribution in [0.4, 0.5) is 5.82 Å². The molecule has 38 heavy (non-hydrogen) atoms. The number of nitrogens with zero attached hydrogens (tertiary/aromatic N) is 2. The first-order valence-electron chi connectivity index (χ1n) is 12.5. The zero-order chi connectivity index (χ0) is 27.9. The van der Waals surface area contributed by atoms with Crippen molar-refractivity contribution in [2.24, 2.45) is 11.3 Å². The fourth-order valence-electron chi connectivity index (χ4n) is 4.38. The largest absolute Gasteiger partial charge is 0.394 e. The fraction of sp³-hybridized carbons (Fsp3) is 0.600. The van der Waals surface area contributed by atoms with E-state index in [1.807, 2.05) is 19.3 Å². The van der Waals surface area contributed by atoms with Crippen molar-refractivity contribution in [2.75, 3.05) is 24.8 Å². The third-order valence-corrected chi connectivity index (χ3v) is 9.11. The van der Waals surface area contributed by atoms with Gasteiger partial charge >= 0.3 is 0 Å². The number of nitrogens with one attached hydrogen (secondary N) is 1. The summed E-state index contributed by atoms with van der Waals surface area (Å²) in [6, 6.07) is 6.48. The summed E-state index contributed by atoms with van der Waals surface area (Å²) in [7, 11) is -2.79. The molecule has 0 aliphatic carbocycles. The van der Waals surface area contributed by atoms with Crippen LogP contribution in [0.5, 0.6) is 0 Å². The highest BCUT2D eigenvalue weighted by Gasteiger charge is 2.31. The van der Waals surface area contributed by atoms with Crippen LogP contribution in [-0.4, -0.2) is 69.4 Å². The maximum Gasteiger partial charge on any atom is 0.233 e. The van der Waals surface area contributed by atoms with E-state index in [-0.39, 0.29) is 33.4 Å². The first kappa shape index (κ1) is 31.0. The van der Waals surface area contributed by atoms with Gasteiger partial charge in [-0.25, -0.2) is 8.42 Å². The van der Waals surface area contributed by atoms with Gasteiger partial charge in [0.25, 0.3) is 0 Å². The predicted octanol–water partition coefficient (Wildman–Crippen LogP) is 4.20. The molecule has 9 nitrogen and oxygen atoms in total. The number of anilines is 1. The molecule has 1 aliphatic heterocycles. The smallest absolute Gasteiger partial charge is 0.233 e. The van der Waals surface area contributed by atoms with Gasteiger partial charge in [0.1, 0.15) is 6.29 Å². The summed E-state index contributed by atoms with van der Waals surface area (Å²) < 4.78 is 43.0. The van der Waals surface area contributed by atoms with Crippen LogP contribution in [0.2, 0.25) is 18.1 Å². The van der Waals surface area contributed by atoms with E-state index in [1.54, 1.807) is 22.9 Å². The standard InChI is InChI=1S/C25H36ClN3O6SSi2/c1-25(2,24(34-37-4)35-38-5)10-12-29-11-8-22(28-29)27-23(30)19(14-17-9-13-33-16-17)18-6-7-21(20(26)15-18)36(3,31)32/h6-8,11,15,17,19,24H,9-10,12-14,16H2,1-5H3,(H,27,28,30). The van der Waals surface area contributed by atoms with E-state index in [4.69, 9.17) is 25.2 Å². The van der Waals surface area contributed by atoms with Crippen LogP contribution >= 0.6 is 11.6 Å². The van der Waals surface area contributed by atoms with Gasteiger partial charge in [0, 0.05) is 43.7 Å². The molecule has 0 saturated carbocycles. The van der Waals surface area contributed by atoms with Crippen molar-refractivity contribution in [1.29, 1.82) is 0 Å². The monoisotopic (exact) mass is 597 g/mol. The van der Waals surface area contributed by atoms with E-state index in [9.17, 15) is 13.2 Å². The van der Waals surface area contributed by atoms with Gasteiger partial charge in [0.05, 0.1) is 15.8 Å². The molecule has 2 unspecified atom stereocenters. The number of hydrogen-bond donors (Lipinski definition) is 1. The van der Waals surface area contributed by atoms with Gasteiger partial charge in [-0.15, -0.1) is 0 Å². The molecule has 13 heteroatoms. The molecule has 208 valence electrons. The van der Waals surface area contributed by atoms with Crippen LogP contribution < -0.4 is 5.32 Å². The van der Waals surface area contributed by atoms with Crippen molar-refractivity contribution >= 4 is 52.7 Å². The van der Waals surface area contributed by atoms with Gasteiger partial charge in [0.2, 0.25) is 25.4 Å². The second kappa shape index (κ2) is 13.7. The van der Waals surface area contributed by atoms with Crippen LogP contribution in [0, 0.1) is 11.3 Å². The van der Waals surface area contributed by atoms with Crippen molar-refractivity contribution < 1.29 is 26.8 Å². The molecular weight excluding hydrogens is 562 g/mol. The second-order valence-corrected chi connectivity index (χ2v) is 13.8. The van der Waals surface area contributed by atoms with Crippen LogP contribution in [0.3, 0.4) is 0 Å². The zero-order valence-corrected chi connectivity index (χ0v) is 26.1. The van der Waals surface area contributed by atoms with Crippen molar-refractivity contribution in [3.05, 3.63) is 41.0 Å². The number of amides is 1. The third-order valence-electron chi connectivity index (χ3n) is 6.63. The molecule has 1 saturated heterocycles. The van der Waals surface area contributed by atoms with Gasteiger partial charge in [-0.3, -0.25) is 9.48 Å². The Balaban J connectivity index is 1.72. The molecule has 2 atom stereocenters. The van der Waals surface area contributed by atoms with Gasteiger partial charge in [0.15, 0.2) is 15.7 Å². The topological polar surface area (TPSA) is 109 Å². The van der Waals surface area contributed by atoms with Crippen LogP contribution in [0.25, 0.3) is 0 Å². The SMILES string of the molecule is C[Si]OC(O[Si]C)C(C)(C)CCn1ccc(NC(=O)C(CC2CCOC2)c2ccc(S(C)(=O)=O)c(Cl)c2)n1. The molecule has 2 heterocycles. The number of hydrogen-bond acceptors (Lipinski definition) is 7. The van der Waals surface area contributed by atoms with Crippen LogP contribution in [-0.2, 0) is 34.8 Å². The quantitative estimate of drug-likeness (QED) is 0.257. The minimum Gasteiger partial charge on any atom is -0.394 e. The molecular formula is C25H36ClN3O6SSi2. The molecule has 1 N–H and O–H groups in total. The molecule has 0 bridgehead atoms. The highest BCUT2D eigenvalue weighted by molar-refractivity contribution is 7.90. The number of aromatic nitrogens is 2. The normalized spacial score (nSPS) is 17.2. The maximum absolute atomic E-state index is 13.5. The lowest BCUT2D eigenvalue weighted by atomic mass is 9.87. The first-order chi connectivity index (χ1) is 17.9. The summed E-state index contributed by atoms with van der Waals surface area (Å²) in [4.78, 5) is 13.5. The summed E-state index contributed by atoms with van der Waals surface area (Å²) in [6.45, 7) is 10.1. The maximum atomic E-state index is 13.5. The Morgan fingerprint density at radius 1 is 1.29 bits per heavy atom. The Kier molecular flexibility index (Phi) is 11.2. The molecule has 1 aromatic carbocycles. The Morgan fingerprint density at radius 2 is 2.00 bits per heavy atom. The molecule has 3 rings (SSSR count). The van der Waals surface area contributed by atoms with Gasteiger partial charge in [-0.2, -0.15) is 5.10 Å². The number of aryl methyl sites for hydroxylation is 1. The molecule has 4 radical (unpaired) electrons. The lowest BCUT2D eigenvalue weighted by Crippen LogP contribution is -2.36. The minimum atomic E-state index is -3.47. The average Bonchev–Trinajstić information content (AvgIpc) is 3.52. The number of sulfone groups is 1. The molecule has 1 amide bonds. The highest BCUT2D eigenvalue weighted by Crippen LogP contribution is 2.33. The minimum absolute atomic E-state index is 0.0461.